The molecule has 0 aliphatic carbocycles. The number of aromatic nitrogens is 5. The number of nitrogens with zero attached hydrogens (tertiary/aromatic N) is 5. The molecule has 1 aromatic carbocycles. The van der Waals surface area contributed by atoms with Crippen LogP contribution in [0.4, 0.5) is 5.69 Å². The van der Waals surface area contributed by atoms with E-state index in [2.05, 4.69) is 20.6 Å². The molecular weight excluding hydrogens is 390 g/mol. The second-order valence-electron chi connectivity index (χ2n) is 6.83. The van der Waals surface area contributed by atoms with E-state index in [1.54, 1.807) is 4.68 Å². The van der Waals surface area contributed by atoms with E-state index in [0.717, 1.165) is 28.4 Å². The first kappa shape index (κ1) is 20.7. The van der Waals surface area contributed by atoms with Crippen molar-refractivity contribution in [3.05, 3.63) is 46.5 Å². The van der Waals surface area contributed by atoms with Crippen LogP contribution < -0.4 is 15.9 Å². The van der Waals surface area contributed by atoms with Crippen LogP contribution in [-0.2, 0) is 18.4 Å². The summed E-state index contributed by atoms with van der Waals surface area (Å²) in [7, 11) is 1.84. The molecule has 0 unspecified atom stereocenters. The Morgan fingerprint density at radius 1 is 1.24 bits per heavy atom. The van der Waals surface area contributed by atoms with E-state index < -0.39 is 0 Å². The fourth-order valence-corrected chi connectivity index (χ4v) is 3.54. The lowest BCUT2D eigenvalue weighted by Crippen LogP contribution is -2.18. The van der Waals surface area contributed by atoms with Gasteiger partial charge in [0.05, 0.1) is 22.8 Å². The van der Waals surface area contributed by atoms with Gasteiger partial charge in [-0.3, -0.25) is 9.48 Å². The molecule has 0 saturated carbocycles. The minimum atomic E-state index is -0.162. The minimum Gasteiger partial charge on any atom is -0.485 e. The van der Waals surface area contributed by atoms with Gasteiger partial charge < -0.3 is 15.9 Å². The maximum absolute atomic E-state index is 12.3. The number of carbonyl (C=O) groups is 1. The summed E-state index contributed by atoms with van der Waals surface area (Å²) in [4.78, 5) is 12.3. The second kappa shape index (κ2) is 8.56. The number of amides is 1. The Morgan fingerprint density at radius 2 is 2.00 bits per heavy atom. The van der Waals surface area contributed by atoms with Gasteiger partial charge in [-0.15, -0.1) is 10.2 Å². The molecule has 2 aromatic heterocycles. The van der Waals surface area contributed by atoms with E-state index in [9.17, 15) is 4.79 Å². The lowest BCUT2D eigenvalue weighted by atomic mass is 10.1. The summed E-state index contributed by atoms with van der Waals surface area (Å²) in [5.41, 5.74) is 4.62. The normalized spacial score (nSPS) is 10.9. The highest BCUT2D eigenvalue weighted by Gasteiger charge is 2.16. The van der Waals surface area contributed by atoms with E-state index in [1.165, 1.54) is 22.0 Å². The van der Waals surface area contributed by atoms with Crippen molar-refractivity contribution in [1.82, 2.24) is 24.7 Å². The van der Waals surface area contributed by atoms with Crippen LogP contribution >= 0.6 is 11.8 Å². The number of rotatable bonds is 7. The van der Waals surface area contributed by atoms with Crippen LogP contribution in [0.15, 0.2) is 23.4 Å². The molecule has 1 amide bonds. The molecule has 0 saturated heterocycles. The zero-order chi connectivity index (χ0) is 21.1. The van der Waals surface area contributed by atoms with Crippen LogP contribution in [0.2, 0.25) is 0 Å². The van der Waals surface area contributed by atoms with Gasteiger partial charge in [0.25, 0.3) is 0 Å². The SMILES string of the molecule is Cc1ccc(OCc2nnc(SCC(=O)Nc3c(C)nn(C)c3C)n2N)c(C)c1. The highest BCUT2D eigenvalue weighted by Crippen LogP contribution is 2.22. The highest BCUT2D eigenvalue weighted by molar-refractivity contribution is 7.99. The number of thioether (sulfide) groups is 1. The number of nitrogen functional groups attached to an aromatic ring is 1. The fourth-order valence-electron chi connectivity index (χ4n) is 2.87. The van der Waals surface area contributed by atoms with Gasteiger partial charge in [0.15, 0.2) is 5.82 Å². The molecule has 0 radical (unpaired) electrons. The molecule has 2 heterocycles. The zero-order valence-electron chi connectivity index (χ0n) is 17.2. The average molecular weight is 416 g/mol. The van der Waals surface area contributed by atoms with Gasteiger partial charge in [0.1, 0.15) is 12.4 Å². The third-order valence-corrected chi connectivity index (χ3v) is 5.47. The maximum Gasteiger partial charge on any atom is 0.234 e. The monoisotopic (exact) mass is 415 g/mol. The van der Waals surface area contributed by atoms with Gasteiger partial charge in [0.2, 0.25) is 11.1 Å². The summed E-state index contributed by atoms with van der Waals surface area (Å²) in [6.07, 6.45) is 0. The molecule has 0 bridgehead atoms. The minimum absolute atomic E-state index is 0.154. The number of nitrogens with two attached hydrogens (primary N) is 1. The van der Waals surface area contributed by atoms with Gasteiger partial charge in [-0.05, 0) is 39.3 Å². The molecule has 0 atom stereocenters. The molecule has 0 aliphatic heterocycles. The Hall–Kier alpha value is -3.01. The van der Waals surface area contributed by atoms with Crippen LogP contribution in [0.1, 0.15) is 28.3 Å². The Labute approximate surface area is 173 Å². The summed E-state index contributed by atoms with van der Waals surface area (Å²) in [6.45, 7) is 7.97. The first-order valence-electron chi connectivity index (χ1n) is 9.08. The molecular formula is C19H25N7O2S. The number of benzene rings is 1. The third kappa shape index (κ3) is 4.70. The van der Waals surface area contributed by atoms with Crippen LogP contribution in [0.25, 0.3) is 0 Å². The molecule has 3 aromatic rings. The molecule has 10 heteroatoms. The van der Waals surface area contributed by atoms with Crippen molar-refractivity contribution in [2.24, 2.45) is 7.05 Å². The van der Waals surface area contributed by atoms with Gasteiger partial charge in [-0.25, -0.2) is 4.68 Å². The van der Waals surface area contributed by atoms with Crippen LogP contribution in [0, 0.1) is 27.7 Å². The number of ether oxygens (including phenoxy) is 1. The fraction of sp³-hybridized carbons (Fsp3) is 0.368. The molecule has 29 heavy (non-hydrogen) atoms. The molecule has 154 valence electrons. The van der Waals surface area contributed by atoms with E-state index in [0.29, 0.717) is 11.0 Å². The summed E-state index contributed by atoms with van der Waals surface area (Å²) < 4.78 is 8.89. The quantitative estimate of drug-likeness (QED) is 0.449. The Kier molecular flexibility index (Phi) is 6.12. The van der Waals surface area contributed by atoms with Crippen LogP contribution in [0.5, 0.6) is 5.75 Å². The summed E-state index contributed by atoms with van der Waals surface area (Å²) in [5, 5.41) is 15.7. The Morgan fingerprint density at radius 3 is 2.66 bits per heavy atom. The van der Waals surface area contributed by atoms with Gasteiger partial charge in [-0.1, -0.05) is 29.5 Å². The van der Waals surface area contributed by atoms with Crippen molar-refractivity contribution in [3.63, 3.8) is 0 Å². The van der Waals surface area contributed by atoms with Crippen molar-refractivity contribution >= 4 is 23.4 Å². The predicted octanol–water partition coefficient (Wildman–Crippen LogP) is 2.27. The lowest BCUT2D eigenvalue weighted by molar-refractivity contribution is -0.113. The molecule has 3 rings (SSSR count). The summed E-state index contributed by atoms with van der Waals surface area (Å²) >= 11 is 1.21. The largest absolute Gasteiger partial charge is 0.485 e. The predicted molar refractivity (Wildman–Crippen MR) is 112 cm³/mol. The molecule has 0 fully saturated rings. The van der Waals surface area contributed by atoms with Crippen LogP contribution in [-0.4, -0.2) is 36.3 Å². The van der Waals surface area contributed by atoms with E-state index >= 15 is 0 Å². The third-order valence-electron chi connectivity index (χ3n) is 4.53. The molecule has 9 nitrogen and oxygen atoms in total. The first-order chi connectivity index (χ1) is 13.8. The van der Waals surface area contributed by atoms with Crippen molar-refractivity contribution in [2.45, 2.75) is 39.5 Å². The number of aryl methyl sites for hydroxylation is 4. The smallest absolute Gasteiger partial charge is 0.234 e. The number of nitrogens with one attached hydrogen (secondary N) is 1. The van der Waals surface area contributed by atoms with Crippen molar-refractivity contribution in [3.8, 4) is 5.75 Å². The number of hydrogen-bond donors (Lipinski definition) is 2. The van der Waals surface area contributed by atoms with Crippen molar-refractivity contribution < 1.29 is 9.53 Å². The standard InChI is InChI=1S/C19H25N7O2S/c1-11-6-7-15(12(2)8-11)28-9-16-22-23-19(26(16)20)29-10-17(27)21-18-13(3)24-25(5)14(18)4/h6-8H,9-10,20H2,1-5H3,(H,21,27). The van der Waals surface area contributed by atoms with Crippen molar-refractivity contribution in [2.75, 3.05) is 16.9 Å². The Balaban J connectivity index is 1.57. The highest BCUT2D eigenvalue weighted by atomic mass is 32.2. The molecule has 0 aliphatic rings. The van der Waals surface area contributed by atoms with E-state index in [-0.39, 0.29) is 18.3 Å². The van der Waals surface area contributed by atoms with Crippen molar-refractivity contribution in [1.29, 1.82) is 0 Å². The first-order valence-corrected chi connectivity index (χ1v) is 10.1. The maximum atomic E-state index is 12.3. The van der Waals surface area contributed by atoms with Gasteiger partial charge >= 0.3 is 0 Å². The molecule has 3 N–H and O–H groups in total. The molecule has 0 spiro atoms. The van der Waals surface area contributed by atoms with Gasteiger partial charge in [-0.2, -0.15) is 5.10 Å². The van der Waals surface area contributed by atoms with Crippen LogP contribution in [0.3, 0.4) is 0 Å². The van der Waals surface area contributed by atoms with E-state index in [4.69, 9.17) is 10.6 Å². The second-order valence-corrected chi connectivity index (χ2v) is 7.78. The number of anilines is 1. The number of hydrogen-bond acceptors (Lipinski definition) is 7. The lowest BCUT2D eigenvalue weighted by Gasteiger charge is -2.09. The summed E-state index contributed by atoms with van der Waals surface area (Å²) in [6, 6.07) is 5.96. The number of carbonyl (C=O) groups excluding carboxylic acids is 1. The zero-order valence-corrected chi connectivity index (χ0v) is 18.0. The average Bonchev–Trinajstić information content (AvgIpc) is 3.13. The summed E-state index contributed by atoms with van der Waals surface area (Å²) in [5.74, 6) is 7.31. The van der Waals surface area contributed by atoms with Gasteiger partial charge in [0, 0.05) is 7.05 Å². The Bertz CT molecular complexity index is 1040. The topological polar surface area (TPSA) is 113 Å². The van der Waals surface area contributed by atoms with E-state index in [1.807, 2.05) is 52.9 Å².